The van der Waals surface area contributed by atoms with Crippen molar-refractivity contribution in [3.05, 3.63) is 36.0 Å². The molecule has 1 aromatic heterocycles. The lowest BCUT2D eigenvalue weighted by molar-refractivity contribution is 0.151. The summed E-state index contributed by atoms with van der Waals surface area (Å²) in [5.41, 5.74) is 0. The second kappa shape index (κ2) is 5.46. The Bertz CT molecular complexity index is 600. The van der Waals surface area contributed by atoms with Crippen molar-refractivity contribution in [3.63, 3.8) is 0 Å². The number of hydrogen-bond acceptors (Lipinski definition) is 6. The maximum atomic E-state index is 9.56. The fraction of sp³-hybridized carbons (Fsp3) is 0.429. The van der Waals surface area contributed by atoms with E-state index >= 15 is 0 Å². The van der Waals surface area contributed by atoms with E-state index in [1.54, 1.807) is 18.7 Å². The van der Waals surface area contributed by atoms with Gasteiger partial charge >= 0.3 is 0 Å². The number of aromatic nitrogens is 2. The van der Waals surface area contributed by atoms with Crippen LogP contribution in [0.15, 0.2) is 33.7 Å². The first-order chi connectivity index (χ1) is 9.65. The first-order valence-electron chi connectivity index (χ1n) is 6.55. The Balaban J connectivity index is 1.78. The highest BCUT2D eigenvalue weighted by molar-refractivity contribution is 7.99. The van der Waals surface area contributed by atoms with Crippen LogP contribution in [0.25, 0.3) is 0 Å². The van der Waals surface area contributed by atoms with Crippen LogP contribution >= 0.6 is 11.8 Å². The molecule has 1 aliphatic heterocycles. The van der Waals surface area contributed by atoms with Gasteiger partial charge in [-0.15, -0.1) is 11.8 Å². The Labute approximate surface area is 121 Å². The third-order valence-electron chi connectivity index (χ3n) is 3.37. The molecule has 1 aromatic carbocycles. The molecule has 20 heavy (non-hydrogen) atoms. The van der Waals surface area contributed by atoms with E-state index in [2.05, 4.69) is 10.1 Å². The molecule has 0 radical (unpaired) electrons. The highest BCUT2D eigenvalue weighted by Gasteiger charge is 2.27. The second-order valence-corrected chi connectivity index (χ2v) is 5.95. The highest BCUT2D eigenvalue weighted by atomic mass is 32.2. The minimum absolute atomic E-state index is 0.181. The van der Waals surface area contributed by atoms with Crippen LogP contribution in [0.5, 0.6) is 5.75 Å². The highest BCUT2D eigenvalue weighted by Crippen LogP contribution is 2.39. The van der Waals surface area contributed by atoms with Crippen molar-refractivity contribution < 1.29 is 14.4 Å². The van der Waals surface area contributed by atoms with Crippen molar-refractivity contribution in [2.24, 2.45) is 0 Å². The topological polar surface area (TPSA) is 68.4 Å². The van der Waals surface area contributed by atoms with E-state index in [1.165, 1.54) is 0 Å². The van der Waals surface area contributed by atoms with Crippen LogP contribution in [0.3, 0.4) is 0 Å². The number of aliphatic hydroxyl groups excluding tert-OH is 1. The van der Waals surface area contributed by atoms with Gasteiger partial charge in [0.2, 0.25) is 11.7 Å². The van der Waals surface area contributed by atoms with Crippen molar-refractivity contribution in [1.82, 2.24) is 10.1 Å². The SMILES string of the molecule is CC(O)C(C)c1nc(C2CSc3ccccc3O2)no1. The van der Waals surface area contributed by atoms with Crippen LogP contribution in [0.2, 0.25) is 0 Å². The number of para-hydroxylation sites is 1. The predicted molar refractivity (Wildman–Crippen MR) is 74.9 cm³/mol. The lowest BCUT2D eigenvalue weighted by Crippen LogP contribution is -2.16. The van der Waals surface area contributed by atoms with Gasteiger partial charge in [-0.25, -0.2) is 0 Å². The van der Waals surface area contributed by atoms with Crippen LogP contribution in [0.4, 0.5) is 0 Å². The molecule has 5 nitrogen and oxygen atoms in total. The zero-order valence-corrected chi connectivity index (χ0v) is 12.1. The Kier molecular flexibility index (Phi) is 3.67. The van der Waals surface area contributed by atoms with Crippen LogP contribution in [0, 0.1) is 0 Å². The molecule has 3 atom stereocenters. The Morgan fingerprint density at radius 3 is 2.95 bits per heavy atom. The van der Waals surface area contributed by atoms with E-state index in [0.717, 1.165) is 16.4 Å². The molecule has 1 N–H and O–H groups in total. The molecule has 0 amide bonds. The van der Waals surface area contributed by atoms with Crippen molar-refractivity contribution in [3.8, 4) is 5.75 Å². The third-order valence-corrected chi connectivity index (χ3v) is 4.48. The van der Waals surface area contributed by atoms with Crippen LogP contribution in [0.1, 0.15) is 37.6 Å². The quantitative estimate of drug-likeness (QED) is 0.938. The summed E-state index contributed by atoms with van der Waals surface area (Å²) in [6, 6.07) is 7.91. The molecular formula is C14H16N2O3S. The van der Waals surface area contributed by atoms with Gasteiger partial charge in [-0.3, -0.25) is 0 Å². The van der Waals surface area contributed by atoms with Gasteiger partial charge in [0.15, 0.2) is 6.10 Å². The largest absolute Gasteiger partial charge is 0.480 e. The van der Waals surface area contributed by atoms with E-state index in [1.807, 2.05) is 31.2 Å². The Morgan fingerprint density at radius 1 is 1.35 bits per heavy atom. The van der Waals surface area contributed by atoms with E-state index in [9.17, 15) is 5.11 Å². The summed E-state index contributed by atoms with van der Waals surface area (Å²) in [5, 5.41) is 13.5. The van der Waals surface area contributed by atoms with Gasteiger partial charge < -0.3 is 14.4 Å². The number of benzene rings is 1. The summed E-state index contributed by atoms with van der Waals surface area (Å²) >= 11 is 1.72. The summed E-state index contributed by atoms with van der Waals surface area (Å²) in [4.78, 5) is 5.48. The van der Waals surface area contributed by atoms with Crippen molar-refractivity contribution >= 4 is 11.8 Å². The summed E-state index contributed by atoms with van der Waals surface area (Å²) in [6.45, 7) is 3.56. The molecular weight excluding hydrogens is 276 g/mol. The second-order valence-electron chi connectivity index (χ2n) is 4.88. The predicted octanol–water partition coefficient (Wildman–Crippen LogP) is 2.78. The monoisotopic (exact) mass is 292 g/mol. The fourth-order valence-corrected chi connectivity index (χ4v) is 2.90. The molecule has 2 aromatic rings. The van der Waals surface area contributed by atoms with Gasteiger partial charge in [0, 0.05) is 10.6 Å². The molecule has 0 saturated carbocycles. The maximum Gasteiger partial charge on any atom is 0.232 e. The lowest BCUT2D eigenvalue weighted by atomic mass is 10.1. The van der Waals surface area contributed by atoms with E-state index in [-0.39, 0.29) is 12.0 Å². The van der Waals surface area contributed by atoms with Gasteiger partial charge in [0.25, 0.3) is 0 Å². The van der Waals surface area contributed by atoms with Crippen molar-refractivity contribution in [2.45, 2.75) is 36.9 Å². The lowest BCUT2D eigenvalue weighted by Gasteiger charge is -2.22. The third kappa shape index (κ3) is 2.53. The Hall–Kier alpha value is -1.53. The molecule has 0 spiro atoms. The number of rotatable bonds is 3. The van der Waals surface area contributed by atoms with E-state index in [0.29, 0.717) is 11.7 Å². The zero-order chi connectivity index (χ0) is 14.1. The molecule has 6 heteroatoms. The molecule has 3 unspecified atom stereocenters. The zero-order valence-electron chi connectivity index (χ0n) is 11.3. The summed E-state index contributed by atoms with van der Waals surface area (Å²) in [5.74, 6) is 2.40. The molecule has 0 bridgehead atoms. The Morgan fingerprint density at radius 2 is 2.15 bits per heavy atom. The number of thioether (sulfide) groups is 1. The maximum absolute atomic E-state index is 9.56. The molecule has 0 fully saturated rings. The van der Waals surface area contributed by atoms with Gasteiger partial charge in [-0.2, -0.15) is 4.98 Å². The van der Waals surface area contributed by atoms with Crippen molar-refractivity contribution in [1.29, 1.82) is 0 Å². The average Bonchev–Trinajstić information content (AvgIpc) is 2.95. The molecule has 3 rings (SSSR count). The van der Waals surface area contributed by atoms with Crippen LogP contribution in [-0.4, -0.2) is 27.1 Å². The molecule has 0 aliphatic carbocycles. The summed E-state index contributed by atoms with van der Waals surface area (Å²) in [6.07, 6.45) is -0.737. The van der Waals surface area contributed by atoms with Crippen LogP contribution in [-0.2, 0) is 0 Å². The molecule has 0 saturated heterocycles. The number of aliphatic hydroxyl groups is 1. The standard InChI is InChI=1S/C14H16N2O3S/c1-8(9(2)17)14-15-13(16-19-14)11-7-20-12-6-4-3-5-10(12)18-11/h3-6,8-9,11,17H,7H2,1-2H3. The van der Waals surface area contributed by atoms with Gasteiger partial charge in [0.1, 0.15) is 5.75 Å². The number of ether oxygens (including phenoxy) is 1. The van der Waals surface area contributed by atoms with Crippen molar-refractivity contribution in [2.75, 3.05) is 5.75 Å². The minimum atomic E-state index is -0.523. The molecule has 106 valence electrons. The smallest absolute Gasteiger partial charge is 0.232 e. The van der Waals surface area contributed by atoms with Gasteiger partial charge in [-0.05, 0) is 19.1 Å². The summed E-state index contributed by atoms with van der Waals surface area (Å²) < 4.78 is 11.1. The summed E-state index contributed by atoms with van der Waals surface area (Å²) in [7, 11) is 0. The minimum Gasteiger partial charge on any atom is -0.480 e. The van der Waals surface area contributed by atoms with Crippen LogP contribution < -0.4 is 4.74 Å². The van der Waals surface area contributed by atoms with Gasteiger partial charge in [-0.1, -0.05) is 24.2 Å². The molecule has 1 aliphatic rings. The average molecular weight is 292 g/mol. The normalized spacial score (nSPS) is 20.9. The van der Waals surface area contributed by atoms with E-state index in [4.69, 9.17) is 9.26 Å². The first-order valence-corrected chi connectivity index (χ1v) is 7.53. The van der Waals surface area contributed by atoms with E-state index < -0.39 is 6.10 Å². The molecule has 2 heterocycles. The number of nitrogens with zero attached hydrogens (tertiary/aromatic N) is 2. The number of hydrogen-bond donors (Lipinski definition) is 1. The fourth-order valence-electron chi connectivity index (χ4n) is 1.92. The number of fused-ring (bicyclic) bond motifs is 1. The first kappa shape index (κ1) is 13.5. The van der Waals surface area contributed by atoms with Gasteiger partial charge in [0.05, 0.1) is 12.0 Å².